The Bertz CT molecular complexity index is 1030. The largest absolute Gasteiger partial charge is 0.508 e. The molecule has 2 N–H and O–H groups in total. The van der Waals surface area contributed by atoms with Crippen molar-refractivity contribution < 1.29 is 5.11 Å². The van der Waals surface area contributed by atoms with Gasteiger partial charge in [0.05, 0.1) is 0 Å². The second-order valence-corrected chi connectivity index (χ2v) is 6.73. The summed E-state index contributed by atoms with van der Waals surface area (Å²) < 4.78 is 0. The van der Waals surface area contributed by atoms with Gasteiger partial charge in [-0.2, -0.15) is 0 Å². The summed E-state index contributed by atoms with van der Waals surface area (Å²) in [6.07, 6.45) is 4.81. The van der Waals surface area contributed by atoms with Gasteiger partial charge in [0.15, 0.2) is 0 Å². The third-order valence-corrected chi connectivity index (χ3v) is 4.96. The van der Waals surface area contributed by atoms with Crippen LogP contribution in [0.25, 0.3) is 32.9 Å². The van der Waals surface area contributed by atoms with Crippen LogP contribution in [0.1, 0.15) is 31.7 Å². The Kier molecular flexibility index (Phi) is 4.19. The van der Waals surface area contributed by atoms with E-state index in [9.17, 15) is 5.11 Å². The van der Waals surface area contributed by atoms with Crippen molar-refractivity contribution in [3.05, 3.63) is 66.2 Å². The fourth-order valence-electron chi connectivity index (χ4n) is 3.65. The zero-order valence-corrected chi connectivity index (χ0v) is 14.5. The summed E-state index contributed by atoms with van der Waals surface area (Å²) in [5.41, 5.74) is 5.06. The molecule has 3 aromatic carbocycles. The number of hydrogen-bond acceptors (Lipinski definition) is 1. The van der Waals surface area contributed by atoms with Crippen LogP contribution < -0.4 is 0 Å². The molecule has 0 bridgehead atoms. The molecule has 0 aliphatic heterocycles. The minimum absolute atomic E-state index is 0.311. The summed E-state index contributed by atoms with van der Waals surface area (Å²) in [5.74, 6) is 0.311. The van der Waals surface area contributed by atoms with E-state index in [-0.39, 0.29) is 0 Å². The molecule has 0 fully saturated rings. The predicted octanol–water partition coefficient (Wildman–Crippen LogP) is 6.43. The van der Waals surface area contributed by atoms with Gasteiger partial charge in [-0.25, -0.2) is 0 Å². The lowest BCUT2D eigenvalue weighted by atomic mass is 9.98. The minimum atomic E-state index is 0.311. The van der Waals surface area contributed by atoms with Crippen molar-refractivity contribution in [2.45, 2.75) is 32.6 Å². The molecule has 126 valence electrons. The first-order chi connectivity index (χ1) is 12.3. The molecule has 25 heavy (non-hydrogen) atoms. The van der Waals surface area contributed by atoms with E-state index in [0.29, 0.717) is 5.75 Å². The summed E-state index contributed by atoms with van der Waals surface area (Å²) in [4.78, 5) is 3.63. The Hall–Kier alpha value is -2.74. The first-order valence-corrected chi connectivity index (χ1v) is 9.09. The number of fused-ring (bicyclic) bond motifs is 2. The van der Waals surface area contributed by atoms with Gasteiger partial charge in [-0.3, -0.25) is 0 Å². The maximum Gasteiger partial charge on any atom is 0.116 e. The summed E-state index contributed by atoms with van der Waals surface area (Å²) in [5, 5.41) is 13.2. The first-order valence-electron chi connectivity index (χ1n) is 9.09. The highest BCUT2D eigenvalue weighted by atomic mass is 16.3. The molecule has 0 saturated heterocycles. The molecule has 0 aliphatic rings. The highest BCUT2D eigenvalue weighted by Crippen LogP contribution is 2.33. The monoisotopic (exact) mass is 329 g/mol. The maximum atomic E-state index is 9.67. The van der Waals surface area contributed by atoms with Crippen LogP contribution in [0.4, 0.5) is 0 Å². The van der Waals surface area contributed by atoms with Crippen LogP contribution in [0, 0.1) is 0 Å². The van der Waals surface area contributed by atoms with Crippen LogP contribution in [0.15, 0.2) is 60.7 Å². The van der Waals surface area contributed by atoms with Crippen LogP contribution >= 0.6 is 0 Å². The number of aryl methyl sites for hydroxylation is 1. The molecule has 0 spiro atoms. The molecule has 4 rings (SSSR count). The normalized spacial score (nSPS) is 11.4. The number of nitrogens with one attached hydrogen (secondary N) is 1. The Morgan fingerprint density at radius 1 is 0.880 bits per heavy atom. The van der Waals surface area contributed by atoms with Gasteiger partial charge in [0.1, 0.15) is 5.75 Å². The van der Waals surface area contributed by atoms with E-state index in [1.54, 1.807) is 6.07 Å². The lowest BCUT2D eigenvalue weighted by molar-refractivity contribution is 0.476. The fourth-order valence-corrected chi connectivity index (χ4v) is 3.65. The highest BCUT2D eigenvalue weighted by Gasteiger charge is 2.13. The van der Waals surface area contributed by atoms with Crippen LogP contribution in [-0.4, -0.2) is 10.1 Å². The number of phenols is 1. The zero-order chi connectivity index (χ0) is 17.2. The smallest absolute Gasteiger partial charge is 0.116 e. The van der Waals surface area contributed by atoms with Gasteiger partial charge in [-0.1, -0.05) is 56.2 Å². The molecule has 0 radical (unpaired) electrons. The summed E-state index contributed by atoms with van der Waals surface area (Å²) in [6.45, 7) is 2.24. The molecule has 4 aromatic rings. The van der Waals surface area contributed by atoms with Crippen LogP contribution in [-0.2, 0) is 6.42 Å². The first kappa shape index (κ1) is 15.8. The number of rotatable bonds is 5. The topological polar surface area (TPSA) is 36.0 Å². The number of H-pyrrole nitrogens is 1. The fraction of sp³-hybridized carbons (Fsp3) is 0.217. The second kappa shape index (κ2) is 6.64. The van der Waals surface area contributed by atoms with E-state index in [2.05, 4.69) is 54.4 Å². The quantitative estimate of drug-likeness (QED) is 0.407. The molecular formula is C23H23NO. The molecule has 0 aliphatic carbocycles. The van der Waals surface area contributed by atoms with E-state index >= 15 is 0 Å². The Labute approximate surface area is 148 Å². The minimum Gasteiger partial charge on any atom is -0.508 e. The maximum absolute atomic E-state index is 9.67. The van der Waals surface area contributed by atoms with Crippen LogP contribution in [0.2, 0.25) is 0 Å². The molecular weight excluding hydrogens is 306 g/mol. The number of unbranched alkanes of at least 4 members (excludes halogenated alkanes) is 2. The zero-order valence-electron chi connectivity index (χ0n) is 14.5. The molecule has 0 atom stereocenters. The van der Waals surface area contributed by atoms with Crippen molar-refractivity contribution in [2.75, 3.05) is 0 Å². The molecule has 0 amide bonds. The highest BCUT2D eigenvalue weighted by molar-refractivity contribution is 5.94. The number of aromatic hydroxyl groups is 1. The molecule has 2 nitrogen and oxygen atoms in total. The van der Waals surface area contributed by atoms with Gasteiger partial charge < -0.3 is 10.1 Å². The van der Waals surface area contributed by atoms with Crippen molar-refractivity contribution in [1.82, 2.24) is 4.98 Å². The lowest BCUT2D eigenvalue weighted by Gasteiger charge is -2.07. The van der Waals surface area contributed by atoms with Crippen molar-refractivity contribution in [3.8, 4) is 17.0 Å². The molecule has 2 heteroatoms. The standard InChI is InChI=1S/C23H23NO/c1-2-3-4-8-21-20-7-5-6-9-22(20)24-23(21)18-11-10-17-15-19(25)13-12-16(17)14-18/h5-7,9-15,24-25H,2-4,8H2,1H3. The number of benzene rings is 3. The van der Waals surface area contributed by atoms with E-state index in [1.165, 1.54) is 47.0 Å². The van der Waals surface area contributed by atoms with Gasteiger partial charge in [0, 0.05) is 16.6 Å². The third-order valence-electron chi connectivity index (χ3n) is 4.96. The average molecular weight is 329 g/mol. The summed E-state index contributed by atoms with van der Waals surface area (Å²) in [6, 6.07) is 20.6. The second-order valence-electron chi connectivity index (χ2n) is 6.73. The van der Waals surface area contributed by atoms with Crippen molar-refractivity contribution in [3.63, 3.8) is 0 Å². The number of phenolic OH excluding ortho intramolecular Hbond substituents is 1. The number of hydrogen-bond donors (Lipinski definition) is 2. The number of para-hydroxylation sites is 1. The van der Waals surface area contributed by atoms with E-state index in [1.807, 2.05) is 12.1 Å². The molecule has 1 heterocycles. The van der Waals surface area contributed by atoms with E-state index < -0.39 is 0 Å². The van der Waals surface area contributed by atoms with Crippen molar-refractivity contribution >= 4 is 21.7 Å². The third kappa shape index (κ3) is 3.00. The Morgan fingerprint density at radius 2 is 1.68 bits per heavy atom. The SMILES string of the molecule is CCCCCc1c(-c2ccc3cc(O)ccc3c2)[nH]c2ccccc12. The van der Waals surface area contributed by atoms with Crippen molar-refractivity contribution in [1.29, 1.82) is 0 Å². The van der Waals surface area contributed by atoms with E-state index in [0.717, 1.165) is 17.2 Å². The Morgan fingerprint density at radius 3 is 2.56 bits per heavy atom. The van der Waals surface area contributed by atoms with Crippen LogP contribution in [0.5, 0.6) is 5.75 Å². The molecule has 0 unspecified atom stereocenters. The summed E-state index contributed by atoms with van der Waals surface area (Å²) in [7, 11) is 0. The average Bonchev–Trinajstić information content (AvgIpc) is 3.00. The number of aromatic nitrogens is 1. The van der Waals surface area contributed by atoms with Gasteiger partial charge in [-0.15, -0.1) is 0 Å². The van der Waals surface area contributed by atoms with Gasteiger partial charge in [0.2, 0.25) is 0 Å². The van der Waals surface area contributed by atoms with E-state index in [4.69, 9.17) is 0 Å². The van der Waals surface area contributed by atoms with Gasteiger partial charge in [0.25, 0.3) is 0 Å². The predicted molar refractivity (Wildman–Crippen MR) is 106 cm³/mol. The lowest BCUT2D eigenvalue weighted by Crippen LogP contribution is -1.89. The Balaban J connectivity index is 1.84. The van der Waals surface area contributed by atoms with Crippen molar-refractivity contribution in [2.24, 2.45) is 0 Å². The van der Waals surface area contributed by atoms with Gasteiger partial charge in [-0.05, 0) is 59.0 Å². The molecule has 0 saturated carbocycles. The number of aromatic amines is 1. The summed E-state index contributed by atoms with van der Waals surface area (Å²) >= 11 is 0. The van der Waals surface area contributed by atoms with Crippen LogP contribution in [0.3, 0.4) is 0 Å². The van der Waals surface area contributed by atoms with Gasteiger partial charge >= 0.3 is 0 Å². The molecule has 1 aromatic heterocycles.